The van der Waals surface area contributed by atoms with Crippen LogP contribution >= 0.6 is 11.8 Å². The van der Waals surface area contributed by atoms with Crippen molar-refractivity contribution in [2.75, 3.05) is 5.73 Å². The molecule has 0 aromatic heterocycles. The van der Waals surface area contributed by atoms with Crippen molar-refractivity contribution >= 4 is 17.4 Å². The van der Waals surface area contributed by atoms with E-state index in [2.05, 4.69) is 32.0 Å². The van der Waals surface area contributed by atoms with E-state index in [-0.39, 0.29) is 0 Å². The third-order valence-corrected chi connectivity index (χ3v) is 3.09. The monoisotopic (exact) mass is 195 g/mol. The molecule has 0 bridgehead atoms. The molecule has 0 aliphatic carbocycles. The zero-order valence-electron chi connectivity index (χ0n) is 8.50. The Kier molecular flexibility index (Phi) is 3.67. The molecule has 0 atom stereocenters. The van der Waals surface area contributed by atoms with Gasteiger partial charge in [-0.25, -0.2) is 0 Å². The molecule has 72 valence electrons. The summed E-state index contributed by atoms with van der Waals surface area (Å²) in [7, 11) is 0. The summed E-state index contributed by atoms with van der Waals surface area (Å²) < 4.78 is 0. The average molecular weight is 195 g/mol. The van der Waals surface area contributed by atoms with Crippen molar-refractivity contribution in [2.24, 2.45) is 0 Å². The Balaban J connectivity index is 2.63. The highest BCUT2D eigenvalue weighted by Gasteiger charge is 1.99. The number of nitrogen functional groups attached to an aromatic ring is 1. The first-order valence-electron chi connectivity index (χ1n) is 4.56. The van der Waals surface area contributed by atoms with Crippen LogP contribution in [-0.4, -0.2) is 5.25 Å². The van der Waals surface area contributed by atoms with Gasteiger partial charge in [-0.2, -0.15) is 11.8 Å². The lowest BCUT2D eigenvalue weighted by Gasteiger charge is -2.06. The smallest absolute Gasteiger partial charge is 0.0346 e. The summed E-state index contributed by atoms with van der Waals surface area (Å²) in [4.78, 5) is 0. The number of hydrogen-bond acceptors (Lipinski definition) is 2. The Morgan fingerprint density at radius 2 is 2.08 bits per heavy atom. The molecule has 1 nitrogen and oxygen atoms in total. The highest BCUT2D eigenvalue weighted by atomic mass is 32.2. The number of nitrogens with two attached hydrogens (primary N) is 1. The normalized spacial score (nSPS) is 10.8. The van der Waals surface area contributed by atoms with Crippen LogP contribution in [0.4, 0.5) is 5.69 Å². The number of benzene rings is 1. The van der Waals surface area contributed by atoms with Gasteiger partial charge in [0, 0.05) is 11.4 Å². The minimum Gasteiger partial charge on any atom is -0.399 e. The summed E-state index contributed by atoms with van der Waals surface area (Å²) in [5.74, 6) is 1.06. The Labute approximate surface area is 84.7 Å². The van der Waals surface area contributed by atoms with Gasteiger partial charge in [-0.1, -0.05) is 26.0 Å². The van der Waals surface area contributed by atoms with Gasteiger partial charge in [-0.05, 0) is 29.4 Å². The van der Waals surface area contributed by atoms with Gasteiger partial charge in [-0.15, -0.1) is 0 Å². The van der Waals surface area contributed by atoms with Crippen LogP contribution in [0, 0.1) is 6.92 Å². The first-order chi connectivity index (χ1) is 6.09. The van der Waals surface area contributed by atoms with Gasteiger partial charge < -0.3 is 5.73 Å². The molecule has 0 radical (unpaired) electrons. The SMILES string of the molecule is Cc1ccc(CSC(C)C)cc1N. The minimum absolute atomic E-state index is 0.683. The second-order valence-corrected chi connectivity index (χ2v) is 5.12. The molecule has 0 saturated carbocycles. The van der Waals surface area contributed by atoms with Crippen molar-refractivity contribution in [3.05, 3.63) is 29.3 Å². The molecule has 2 N–H and O–H groups in total. The topological polar surface area (TPSA) is 26.0 Å². The van der Waals surface area contributed by atoms with Crippen LogP contribution in [0.1, 0.15) is 25.0 Å². The molecule has 0 unspecified atom stereocenters. The van der Waals surface area contributed by atoms with Gasteiger partial charge in [0.15, 0.2) is 0 Å². The Morgan fingerprint density at radius 3 is 2.62 bits per heavy atom. The van der Waals surface area contributed by atoms with Gasteiger partial charge in [0.2, 0.25) is 0 Å². The molecule has 0 aliphatic rings. The maximum atomic E-state index is 5.82. The van der Waals surface area contributed by atoms with Crippen LogP contribution in [-0.2, 0) is 5.75 Å². The first-order valence-corrected chi connectivity index (χ1v) is 5.61. The number of hydrogen-bond donors (Lipinski definition) is 1. The third-order valence-electron chi connectivity index (χ3n) is 1.93. The maximum absolute atomic E-state index is 5.82. The quantitative estimate of drug-likeness (QED) is 0.749. The van der Waals surface area contributed by atoms with E-state index in [9.17, 15) is 0 Å². The molecule has 1 aromatic carbocycles. The molecule has 0 fully saturated rings. The van der Waals surface area contributed by atoms with E-state index in [0.29, 0.717) is 5.25 Å². The number of rotatable bonds is 3. The van der Waals surface area contributed by atoms with E-state index in [1.807, 2.05) is 18.7 Å². The summed E-state index contributed by atoms with van der Waals surface area (Å²) in [6, 6.07) is 6.32. The summed E-state index contributed by atoms with van der Waals surface area (Å²) in [6.45, 7) is 6.46. The van der Waals surface area contributed by atoms with Gasteiger partial charge >= 0.3 is 0 Å². The highest BCUT2D eigenvalue weighted by molar-refractivity contribution is 7.99. The lowest BCUT2D eigenvalue weighted by atomic mass is 10.1. The van der Waals surface area contributed by atoms with Crippen LogP contribution in [0.2, 0.25) is 0 Å². The number of aryl methyl sites for hydroxylation is 1. The van der Waals surface area contributed by atoms with E-state index in [1.54, 1.807) is 0 Å². The summed E-state index contributed by atoms with van der Waals surface area (Å²) in [5.41, 5.74) is 9.21. The number of thioether (sulfide) groups is 1. The van der Waals surface area contributed by atoms with E-state index in [4.69, 9.17) is 5.73 Å². The second-order valence-electron chi connectivity index (χ2n) is 3.55. The fourth-order valence-electron chi connectivity index (χ4n) is 1.04. The summed E-state index contributed by atoms with van der Waals surface area (Å²) in [6.07, 6.45) is 0. The largest absolute Gasteiger partial charge is 0.399 e. The molecule has 2 heteroatoms. The molecule has 0 spiro atoms. The van der Waals surface area contributed by atoms with Crippen molar-refractivity contribution in [1.82, 2.24) is 0 Å². The van der Waals surface area contributed by atoms with Gasteiger partial charge in [-0.3, -0.25) is 0 Å². The van der Waals surface area contributed by atoms with E-state index < -0.39 is 0 Å². The van der Waals surface area contributed by atoms with Crippen LogP contribution in [0.3, 0.4) is 0 Å². The Morgan fingerprint density at radius 1 is 1.38 bits per heavy atom. The fourth-order valence-corrected chi connectivity index (χ4v) is 1.75. The standard InChI is InChI=1S/C11H17NS/c1-8(2)13-7-10-5-4-9(3)11(12)6-10/h4-6,8H,7,12H2,1-3H3. The number of anilines is 1. The molecule has 13 heavy (non-hydrogen) atoms. The third kappa shape index (κ3) is 3.31. The predicted octanol–water partition coefficient (Wildman–Crippen LogP) is 3.22. The van der Waals surface area contributed by atoms with Gasteiger partial charge in [0.05, 0.1) is 0 Å². The summed E-state index contributed by atoms with van der Waals surface area (Å²) in [5, 5.41) is 0.683. The molecule has 0 saturated heterocycles. The molecular formula is C11H17NS. The van der Waals surface area contributed by atoms with Gasteiger partial charge in [0.1, 0.15) is 0 Å². The molecule has 0 amide bonds. The average Bonchev–Trinajstić information content (AvgIpc) is 2.07. The summed E-state index contributed by atoms with van der Waals surface area (Å²) >= 11 is 1.94. The molecule has 0 aliphatic heterocycles. The van der Waals surface area contributed by atoms with E-state index in [1.165, 1.54) is 11.1 Å². The predicted molar refractivity (Wildman–Crippen MR) is 62.0 cm³/mol. The van der Waals surface area contributed by atoms with Crippen molar-refractivity contribution in [3.63, 3.8) is 0 Å². The molecule has 0 heterocycles. The second kappa shape index (κ2) is 4.56. The molecule has 1 rings (SSSR count). The van der Waals surface area contributed by atoms with Crippen LogP contribution in [0.25, 0.3) is 0 Å². The molecular weight excluding hydrogens is 178 g/mol. The van der Waals surface area contributed by atoms with Crippen molar-refractivity contribution in [1.29, 1.82) is 0 Å². The van der Waals surface area contributed by atoms with Crippen molar-refractivity contribution in [2.45, 2.75) is 31.8 Å². The maximum Gasteiger partial charge on any atom is 0.0346 e. The van der Waals surface area contributed by atoms with Crippen LogP contribution < -0.4 is 5.73 Å². The lowest BCUT2D eigenvalue weighted by Crippen LogP contribution is -1.93. The van der Waals surface area contributed by atoms with Crippen molar-refractivity contribution < 1.29 is 0 Å². The Hall–Kier alpha value is -0.630. The van der Waals surface area contributed by atoms with Crippen molar-refractivity contribution in [3.8, 4) is 0 Å². The lowest BCUT2D eigenvalue weighted by molar-refractivity contribution is 1.11. The Bertz CT molecular complexity index is 281. The van der Waals surface area contributed by atoms with Gasteiger partial charge in [0.25, 0.3) is 0 Å². The highest BCUT2D eigenvalue weighted by Crippen LogP contribution is 2.20. The van der Waals surface area contributed by atoms with E-state index in [0.717, 1.165) is 11.4 Å². The zero-order valence-corrected chi connectivity index (χ0v) is 9.32. The fraction of sp³-hybridized carbons (Fsp3) is 0.455. The van der Waals surface area contributed by atoms with E-state index >= 15 is 0 Å². The van der Waals surface area contributed by atoms with Crippen LogP contribution in [0.5, 0.6) is 0 Å². The minimum atomic E-state index is 0.683. The van der Waals surface area contributed by atoms with Crippen LogP contribution in [0.15, 0.2) is 18.2 Å². The first kappa shape index (κ1) is 10.5. The zero-order chi connectivity index (χ0) is 9.84. The molecule has 1 aromatic rings.